The van der Waals surface area contributed by atoms with Gasteiger partial charge < -0.3 is 0 Å². The van der Waals surface area contributed by atoms with E-state index in [2.05, 4.69) is 32.9 Å². The van der Waals surface area contributed by atoms with Gasteiger partial charge in [-0.1, -0.05) is 33.6 Å². The Balaban J connectivity index is 2.44. The first kappa shape index (κ1) is 13.0. The van der Waals surface area contributed by atoms with Gasteiger partial charge in [-0.25, -0.2) is 0 Å². The van der Waals surface area contributed by atoms with Gasteiger partial charge in [0.05, 0.1) is 6.61 Å². The van der Waals surface area contributed by atoms with Crippen molar-refractivity contribution >= 4 is 0 Å². The molecule has 0 aromatic carbocycles. The molecule has 2 nitrogen and oxygen atoms in total. The summed E-state index contributed by atoms with van der Waals surface area (Å²) in [5.41, 5.74) is 0. The summed E-state index contributed by atoms with van der Waals surface area (Å²) in [7, 11) is 2.11. The molecule has 1 saturated carbocycles. The van der Waals surface area contributed by atoms with Crippen LogP contribution >= 0.6 is 0 Å². The molecule has 1 rings (SSSR count). The Morgan fingerprint density at radius 2 is 2.07 bits per heavy atom. The fourth-order valence-electron chi connectivity index (χ4n) is 2.72. The van der Waals surface area contributed by atoms with Crippen LogP contribution in [0.5, 0.6) is 0 Å². The standard InChI is InChI=1S/C13H27NO/c1-5-10-15-14(4)13-9-7-8-12(13)11(3)6-2/h11-13H,5-10H2,1-4H3. The molecule has 3 atom stereocenters. The Morgan fingerprint density at radius 3 is 2.67 bits per heavy atom. The minimum Gasteiger partial charge on any atom is -0.299 e. The highest BCUT2D eigenvalue weighted by Gasteiger charge is 2.33. The Bertz CT molecular complexity index is 172. The molecule has 0 aliphatic heterocycles. The van der Waals surface area contributed by atoms with Gasteiger partial charge in [0.2, 0.25) is 0 Å². The maximum atomic E-state index is 5.73. The zero-order chi connectivity index (χ0) is 11.3. The molecule has 0 radical (unpaired) electrons. The van der Waals surface area contributed by atoms with E-state index in [9.17, 15) is 0 Å². The highest BCUT2D eigenvalue weighted by Crippen LogP contribution is 2.36. The number of hydrogen-bond donors (Lipinski definition) is 0. The summed E-state index contributed by atoms with van der Waals surface area (Å²) >= 11 is 0. The molecule has 0 heterocycles. The average Bonchev–Trinajstić information content (AvgIpc) is 2.73. The fourth-order valence-corrected chi connectivity index (χ4v) is 2.72. The predicted molar refractivity (Wildman–Crippen MR) is 64.6 cm³/mol. The van der Waals surface area contributed by atoms with Crippen LogP contribution in [0.3, 0.4) is 0 Å². The summed E-state index contributed by atoms with van der Waals surface area (Å²) in [6.45, 7) is 7.71. The summed E-state index contributed by atoms with van der Waals surface area (Å²) in [6, 6.07) is 0.659. The molecule has 1 aliphatic rings. The Kier molecular flexibility index (Phi) is 5.62. The molecule has 15 heavy (non-hydrogen) atoms. The van der Waals surface area contributed by atoms with E-state index in [1.54, 1.807) is 0 Å². The van der Waals surface area contributed by atoms with Crippen molar-refractivity contribution < 1.29 is 4.84 Å². The van der Waals surface area contributed by atoms with Crippen LogP contribution in [0.1, 0.15) is 52.9 Å². The molecule has 1 fully saturated rings. The van der Waals surface area contributed by atoms with Crippen LogP contribution in [-0.2, 0) is 4.84 Å². The van der Waals surface area contributed by atoms with Gasteiger partial charge >= 0.3 is 0 Å². The molecule has 2 heteroatoms. The lowest BCUT2D eigenvalue weighted by Gasteiger charge is -2.31. The molecule has 0 N–H and O–H groups in total. The first-order valence-electron chi connectivity index (χ1n) is 6.56. The second-order valence-corrected chi connectivity index (χ2v) is 4.93. The SMILES string of the molecule is CCCON(C)C1CCCC1C(C)CC. The van der Waals surface area contributed by atoms with Crippen LogP contribution < -0.4 is 0 Å². The van der Waals surface area contributed by atoms with Crippen LogP contribution in [0.4, 0.5) is 0 Å². The zero-order valence-corrected chi connectivity index (χ0v) is 10.8. The Hall–Kier alpha value is -0.0800. The van der Waals surface area contributed by atoms with Crippen molar-refractivity contribution in [1.29, 1.82) is 0 Å². The van der Waals surface area contributed by atoms with Crippen molar-refractivity contribution in [2.45, 2.75) is 58.9 Å². The van der Waals surface area contributed by atoms with Crippen LogP contribution in [0.15, 0.2) is 0 Å². The second-order valence-electron chi connectivity index (χ2n) is 4.93. The van der Waals surface area contributed by atoms with E-state index in [0.29, 0.717) is 6.04 Å². The number of hydroxylamine groups is 2. The molecule has 90 valence electrons. The van der Waals surface area contributed by atoms with Crippen LogP contribution in [0, 0.1) is 11.8 Å². The molecule has 0 spiro atoms. The van der Waals surface area contributed by atoms with Crippen LogP contribution in [0.2, 0.25) is 0 Å². The molecule has 0 amide bonds. The third-order valence-corrected chi connectivity index (χ3v) is 3.87. The average molecular weight is 213 g/mol. The molecule has 0 aromatic heterocycles. The van der Waals surface area contributed by atoms with Gasteiger partial charge in [0.25, 0.3) is 0 Å². The highest BCUT2D eigenvalue weighted by atomic mass is 16.7. The van der Waals surface area contributed by atoms with Gasteiger partial charge in [-0.15, -0.1) is 0 Å². The van der Waals surface area contributed by atoms with Crippen molar-refractivity contribution in [2.75, 3.05) is 13.7 Å². The Morgan fingerprint density at radius 1 is 1.33 bits per heavy atom. The predicted octanol–water partition coefficient (Wildman–Crippen LogP) is 3.47. The first-order valence-corrected chi connectivity index (χ1v) is 6.56. The molecule has 0 bridgehead atoms. The molecule has 0 saturated heterocycles. The third-order valence-electron chi connectivity index (χ3n) is 3.87. The number of nitrogens with zero attached hydrogens (tertiary/aromatic N) is 1. The van der Waals surface area contributed by atoms with Crippen molar-refractivity contribution in [1.82, 2.24) is 5.06 Å². The monoisotopic (exact) mass is 213 g/mol. The van der Waals surface area contributed by atoms with Crippen molar-refractivity contribution in [2.24, 2.45) is 11.8 Å². The van der Waals surface area contributed by atoms with Crippen LogP contribution in [-0.4, -0.2) is 24.8 Å². The van der Waals surface area contributed by atoms with Gasteiger partial charge in [-0.05, 0) is 31.1 Å². The van der Waals surface area contributed by atoms with E-state index in [1.807, 2.05) is 0 Å². The fraction of sp³-hybridized carbons (Fsp3) is 1.00. The summed E-state index contributed by atoms with van der Waals surface area (Å²) in [6.07, 6.45) is 6.47. The van der Waals surface area contributed by atoms with Gasteiger partial charge in [0.15, 0.2) is 0 Å². The molecule has 1 aliphatic carbocycles. The van der Waals surface area contributed by atoms with Gasteiger partial charge in [-0.3, -0.25) is 4.84 Å². The normalized spacial score (nSPS) is 28.6. The van der Waals surface area contributed by atoms with E-state index >= 15 is 0 Å². The summed E-state index contributed by atoms with van der Waals surface area (Å²) in [5, 5.41) is 2.13. The van der Waals surface area contributed by atoms with E-state index in [-0.39, 0.29) is 0 Å². The molecule has 3 unspecified atom stereocenters. The lowest BCUT2D eigenvalue weighted by molar-refractivity contribution is -0.178. The maximum absolute atomic E-state index is 5.73. The number of hydrogen-bond acceptors (Lipinski definition) is 2. The van der Waals surface area contributed by atoms with E-state index < -0.39 is 0 Å². The summed E-state index contributed by atoms with van der Waals surface area (Å²) in [5.74, 6) is 1.68. The highest BCUT2D eigenvalue weighted by molar-refractivity contribution is 4.84. The van der Waals surface area contributed by atoms with E-state index in [1.165, 1.54) is 25.7 Å². The third kappa shape index (κ3) is 3.46. The van der Waals surface area contributed by atoms with Crippen molar-refractivity contribution in [3.05, 3.63) is 0 Å². The van der Waals surface area contributed by atoms with Gasteiger partial charge in [0, 0.05) is 13.1 Å². The second kappa shape index (κ2) is 6.49. The van der Waals surface area contributed by atoms with Crippen LogP contribution in [0.25, 0.3) is 0 Å². The lowest BCUT2D eigenvalue weighted by Crippen LogP contribution is -2.37. The number of rotatable bonds is 6. The zero-order valence-electron chi connectivity index (χ0n) is 10.8. The Labute approximate surface area is 94.9 Å². The van der Waals surface area contributed by atoms with E-state index in [4.69, 9.17) is 4.84 Å². The summed E-state index contributed by atoms with van der Waals surface area (Å²) in [4.78, 5) is 5.73. The summed E-state index contributed by atoms with van der Waals surface area (Å²) < 4.78 is 0. The van der Waals surface area contributed by atoms with Crippen molar-refractivity contribution in [3.8, 4) is 0 Å². The lowest BCUT2D eigenvalue weighted by atomic mass is 9.87. The topological polar surface area (TPSA) is 12.5 Å². The minimum absolute atomic E-state index is 0.659. The molecular weight excluding hydrogens is 186 g/mol. The molecular formula is C13H27NO. The minimum atomic E-state index is 0.659. The quantitative estimate of drug-likeness (QED) is 0.626. The first-order chi connectivity index (χ1) is 7.20. The van der Waals surface area contributed by atoms with Gasteiger partial charge in [0.1, 0.15) is 0 Å². The smallest absolute Gasteiger partial charge is 0.0682 e. The largest absolute Gasteiger partial charge is 0.299 e. The maximum Gasteiger partial charge on any atom is 0.0682 e. The van der Waals surface area contributed by atoms with E-state index in [0.717, 1.165) is 24.9 Å². The van der Waals surface area contributed by atoms with Gasteiger partial charge in [-0.2, -0.15) is 5.06 Å². The molecule has 0 aromatic rings. The van der Waals surface area contributed by atoms with Crippen molar-refractivity contribution in [3.63, 3.8) is 0 Å².